The van der Waals surface area contributed by atoms with Crippen LogP contribution >= 0.6 is 11.6 Å². The number of rotatable bonds is 7. The molecule has 5 nitrogen and oxygen atoms in total. The topological polar surface area (TPSA) is 76.2 Å². The Morgan fingerprint density at radius 3 is 2.75 bits per heavy atom. The largest absolute Gasteiger partial charge is 0.492 e. The minimum absolute atomic E-state index is 0.0463. The van der Waals surface area contributed by atoms with Gasteiger partial charge in [-0.3, -0.25) is 10.1 Å². The second kappa shape index (κ2) is 7.11. The molecule has 6 heteroatoms. The molecule has 0 saturated carbocycles. The van der Waals surface area contributed by atoms with Gasteiger partial charge in [0.1, 0.15) is 5.75 Å². The standard InChI is InChI=1S/C14H17ClN2O3/c1-14(2,10-16)7-3-4-8-20-13-9-11(17(18)19)5-6-12(13)15/h5-6,9H,3-4,7-8H2,1-2H3. The number of ether oxygens (including phenoxy) is 1. The van der Waals surface area contributed by atoms with Gasteiger partial charge in [-0.05, 0) is 39.2 Å². The van der Waals surface area contributed by atoms with Gasteiger partial charge in [0, 0.05) is 6.07 Å². The first-order chi connectivity index (χ1) is 9.35. The molecule has 1 aromatic rings. The summed E-state index contributed by atoms with van der Waals surface area (Å²) in [4.78, 5) is 10.2. The predicted molar refractivity (Wildman–Crippen MR) is 76.8 cm³/mol. The third-order valence-electron chi connectivity index (χ3n) is 2.88. The maximum absolute atomic E-state index is 10.7. The molecule has 0 fully saturated rings. The molecule has 0 aliphatic rings. The number of halogens is 1. The van der Waals surface area contributed by atoms with Crippen molar-refractivity contribution in [3.8, 4) is 11.8 Å². The molecular formula is C14H17ClN2O3. The summed E-state index contributed by atoms with van der Waals surface area (Å²) in [5.74, 6) is 0.320. The molecular weight excluding hydrogens is 280 g/mol. The van der Waals surface area contributed by atoms with Crippen LogP contribution in [0.5, 0.6) is 5.75 Å². The molecule has 0 aromatic heterocycles. The minimum Gasteiger partial charge on any atom is -0.492 e. The van der Waals surface area contributed by atoms with E-state index in [0.717, 1.165) is 19.3 Å². The van der Waals surface area contributed by atoms with Crippen molar-refractivity contribution in [2.75, 3.05) is 6.61 Å². The molecule has 108 valence electrons. The van der Waals surface area contributed by atoms with E-state index in [1.165, 1.54) is 18.2 Å². The van der Waals surface area contributed by atoms with Crippen LogP contribution in [0.1, 0.15) is 33.1 Å². The van der Waals surface area contributed by atoms with Crippen molar-refractivity contribution in [1.82, 2.24) is 0 Å². The molecule has 1 aromatic carbocycles. The lowest BCUT2D eigenvalue weighted by Crippen LogP contribution is -2.08. The van der Waals surface area contributed by atoms with E-state index in [-0.39, 0.29) is 11.1 Å². The second-order valence-electron chi connectivity index (χ2n) is 5.17. The lowest BCUT2D eigenvalue weighted by Gasteiger charge is -2.14. The first-order valence-corrected chi connectivity index (χ1v) is 6.71. The number of hydrogen-bond acceptors (Lipinski definition) is 4. The second-order valence-corrected chi connectivity index (χ2v) is 5.58. The van der Waals surface area contributed by atoms with E-state index < -0.39 is 4.92 Å². The summed E-state index contributed by atoms with van der Waals surface area (Å²) in [5, 5.41) is 19.9. The van der Waals surface area contributed by atoms with Gasteiger partial charge in [0.2, 0.25) is 0 Å². The Morgan fingerprint density at radius 1 is 1.45 bits per heavy atom. The van der Waals surface area contributed by atoms with Gasteiger partial charge in [-0.1, -0.05) is 11.6 Å². The number of nitro benzene ring substituents is 1. The number of nitrogens with zero attached hydrogens (tertiary/aromatic N) is 2. The molecule has 0 radical (unpaired) electrons. The zero-order valence-electron chi connectivity index (χ0n) is 11.6. The van der Waals surface area contributed by atoms with Crippen LogP contribution in [0.3, 0.4) is 0 Å². The Hall–Kier alpha value is -1.80. The molecule has 0 N–H and O–H groups in total. The van der Waals surface area contributed by atoms with Gasteiger partial charge in [-0.2, -0.15) is 5.26 Å². The van der Waals surface area contributed by atoms with Crippen LogP contribution in [0.25, 0.3) is 0 Å². The molecule has 0 heterocycles. The Labute approximate surface area is 123 Å². The fourth-order valence-electron chi connectivity index (χ4n) is 1.62. The summed E-state index contributed by atoms with van der Waals surface area (Å²) in [5.41, 5.74) is -0.376. The average molecular weight is 297 g/mol. The monoisotopic (exact) mass is 296 g/mol. The number of unbranched alkanes of at least 4 members (excludes halogenated alkanes) is 1. The Morgan fingerprint density at radius 2 is 2.15 bits per heavy atom. The summed E-state index contributed by atoms with van der Waals surface area (Å²) < 4.78 is 5.46. The Kier molecular flexibility index (Phi) is 5.78. The van der Waals surface area contributed by atoms with Gasteiger partial charge in [0.05, 0.1) is 34.1 Å². The smallest absolute Gasteiger partial charge is 0.273 e. The van der Waals surface area contributed by atoms with Crippen LogP contribution in [-0.4, -0.2) is 11.5 Å². The SMILES string of the molecule is CC(C)(C#N)CCCCOc1cc([N+](=O)[O-])ccc1Cl. The van der Waals surface area contributed by atoms with Crippen LogP contribution in [0, 0.1) is 26.9 Å². The lowest BCUT2D eigenvalue weighted by atomic mass is 9.89. The maximum atomic E-state index is 10.7. The third-order valence-corrected chi connectivity index (χ3v) is 3.19. The highest BCUT2D eigenvalue weighted by molar-refractivity contribution is 6.32. The van der Waals surface area contributed by atoms with E-state index in [9.17, 15) is 10.1 Å². The molecule has 0 aliphatic carbocycles. The number of nitro groups is 1. The summed E-state index contributed by atoms with van der Waals surface area (Å²) in [6.45, 7) is 4.21. The van der Waals surface area contributed by atoms with Gasteiger partial charge in [0.25, 0.3) is 5.69 Å². The van der Waals surface area contributed by atoms with Crippen molar-refractivity contribution < 1.29 is 9.66 Å². The van der Waals surface area contributed by atoms with Crippen molar-refractivity contribution >= 4 is 17.3 Å². The van der Waals surface area contributed by atoms with Crippen molar-refractivity contribution in [3.05, 3.63) is 33.3 Å². The van der Waals surface area contributed by atoms with Crippen LogP contribution in [0.2, 0.25) is 5.02 Å². The number of hydrogen-bond donors (Lipinski definition) is 0. The van der Waals surface area contributed by atoms with Crippen LogP contribution in [-0.2, 0) is 0 Å². The highest BCUT2D eigenvalue weighted by Gasteiger charge is 2.15. The van der Waals surface area contributed by atoms with Gasteiger partial charge in [0.15, 0.2) is 0 Å². The highest BCUT2D eigenvalue weighted by Crippen LogP contribution is 2.29. The summed E-state index contributed by atoms with van der Waals surface area (Å²) in [6, 6.07) is 6.35. The number of benzene rings is 1. The molecule has 20 heavy (non-hydrogen) atoms. The fourth-order valence-corrected chi connectivity index (χ4v) is 1.80. The maximum Gasteiger partial charge on any atom is 0.273 e. The molecule has 0 atom stereocenters. The van der Waals surface area contributed by atoms with Gasteiger partial charge >= 0.3 is 0 Å². The third kappa shape index (κ3) is 5.06. The highest BCUT2D eigenvalue weighted by atomic mass is 35.5. The molecule has 0 bridgehead atoms. The van der Waals surface area contributed by atoms with E-state index >= 15 is 0 Å². The zero-order chi connectivity index (χ0) is 15.2. The van der Waals surface area contributed by atoms with Gasteiger partial charge in [-0.15, -0.1) is 0 Å². The summed E-state index contributed by atoms with van der Waals surface area (Å²) >= 11 is 5.92. The first-order valence-electron chi connectivity index (χ1n) is 6.34. The lowest BCUT2D eigenvalue weighted by molar-refractivity contribution is -0.384. The van der Waals surface area contributed by atoms with E-state index in [0.29, 0.717) is 17.4 Å². The van der Waals surface area contributed by atoms with Crippen molar-refractivity contribution in [2.45, 2.75) is 33.1 Å². The summed E-state index contributed by atoms with van der Waals surface area (Å²) in [7, 11) is 0. The number of non-ortho nitro benzene ring substituents is 1. The Bertz CT molecular complexity index is 524. The normalized spacial score (nSPS) is 10.9. The summed E-state index contributed by atoms with van der Waals surface area (Å²) in [6.07, 6.45) is 2.41. The average Bonchev–Trinajstić information content (AvgIpc) is 2.40. The molecule has 0 spiro atoms. The quantitative estimate of drug-likeness (QED) is 0.426. The predicted octanol–water partition coefficient (Wildman–Crippen LogP) is 4.35. The minimum atomic E-state index is -0.487. The van der Waals surface area contributed by atoms with E-state index in [1.807, 2.05) is 13.8 Å². The van der Waals surface area contributed by atoms with Crippen molar-refractivity contribution in [1.29, 1.82) is 5.26 Å². The van der Waals surface area contributed by atoms with Crippen molar-refractivity contribution in [3.63, 3.8) is 0 Å². The van der Waals surface area contributed by atoms with E-state index in [2.05, 4.69) is 6.07 Å². The Balaban J connectivity index is 2.45. The van der Waals surface area contributed by atoms with E-state index in [1.54, 1.807) is 0 Å². The first kappa shape index (κ1) is 16.3. The fraction of sp³-hybridized carbons (Fsp3) is 0.500. The van der Waals surface area contributed by atoms with Gasteiger partial charge < -0.3 is 4.74 Å². The molecule has 0 unspecified atom stereocenters. The molecule has 0 amide bonds. The zero-order valence-corrected chi connectivity index (χ0v) is 12.3. The van der Waals surface area contributed by atoms with Crippen LogP contribution in [0.15, 0.2) is 18.2 Å². The van der Waals surface area contributed by atoms with E-state index in [4.69, 9.17) is 21.6 Å². The van der Waals surface area contributed by atoms with Crippen LogP contribution < -0.4 is 4.74 Å². The molecule has 1 rings (SSSR count). The van der Waals surface area contributed by atoms with Gasteiger partial charge in [-0.25, -0.2) is 0 Å². The number of nitriles is 1. The molecule has 0 aliphatic heterocycles. The van der Waals surface area contributed by atoms with Crippen LogP contribution in [0.4, 0.5) is 5.69 Å². The van der Waals surface area contributed by atoms with Crippen molar-refractivity contribution in [2.24, 2.45) is 5.41 Å². The molecule has 0 saturated heterocycles.